The van der Waals surface area contributed by atoms with Gasteiger partial charge >= 0.3 is 0 Å². The van der Waals surface area contributed by atoms with Crippen molar-refractivity contribution >= 4 is 11.8 Å². The average Bonchev–Trinajstić information content (AvgIpc) is 2.92. The molecule has 1 heterocycles. The fourth-order valence-corrected chi connectivity index (χ4v) is 2.14. The number of thioether (sulfide) groups is 1. The monoisotopic (exact) mass is 263 g/mol. The molecule has 3 nitrogen and oxygen atoms in total. The largest absolute Gasteiger partial charge is 0.491 e. The number of hydrogen-bond acceptors (Lipinski definition) is 4. The van der Waals surface area contributed by atoms with Crippen LogP contribution in [0, 0.1) is 0 Å². The van der Waals surface area contributed by atoms with Crippen molar-refractivity contribution in [2.45, 2.75) is 11.4 Å². The lowest BCUT2D eigenvalue weighted by Gasteiger charge is -2.10. The lowest BCUT2D eigenvalue weighted by Crippen LogP contribution is -2.20. The summed E-state index contributed by atoms with van der Waals surface area (Å²) in [4.78, 5) is 1.17. The van der Waals surface area contributed by atoms with E-state index in [0.717, 1.165) is 24.4 Å². The standard InChI is InChI=1S/C14H17NO2S/c1-18-14-5-3-2-4-13(14)17-9-7-15-10-12-6-8-16-11-12/h2-6,8,11,15H,7,9-10H2,1H3. The summed E-state index contributed by atoms with van der Waals surface area (Å²) >= 11 is 1.70. The SMILES string of the molecule is CSc1ccccc1OCCNCc1ccoc1. The fourth-order valence-electron chi connectivity index (χ4n) is 1.60. The first-order chi connectivity index (χ1) is 8.90. The predicted octanol–water partition coefficient (Wildman–Crippen LogP) is 3.17. The second-order valence-electron chi connectivity index (χ2n) is 3.81. The molecule has 2 aromatic rings. The minimum Gasteiger partial charge on any atom is -0.491 e. The highest BCUT2D eigenvalue weighted by Gasteiger charge is 2.00. The van der Waals surface area contributed by atoms with E-state index in [2.05, 4.69) is 17.6 Å². The number of ether oxygens (including phenoxy) is 1. The molecule has 0 saturated heterocycles. The molecular weight excluding hydrogens is 246 g/mol. The normalized spacial score (nSPS) is 10.5. The number of furan rings is 1. The fraction of sp³-hybridized carbons (Fsp3) is 0.286. The maximum atomic E-state index is 5.74. The molecule has 0 amide bonds. The zero-order chi connectivity index (χ0) is 12.6. The Hall–Kier alpha value is -1.39. The van der Waals surface area contributed by atoms with Gasteiger partial charge in [-0.1, -0.05) is 12.1 Å². The minimum absolute atomic E-state index is 0.662. The maximum absolute atomic E-state index is 5.74. The second-order valence-corrected chi connectivity index (χ2v) is 4.66. The highest BCUT2D eigenvalue weighted by atomic mass is 32.2. The zero-order valence-corrected chi connectivity index (χ0v) is 11.2. The van der Waals surface area contributed by atoms with Crippen molar-refractivity contribution in [3.05, 3.63) is 48.4 Å². The van der Waals surface area contributed by atoms with E-state index >= 15 is 0 Å². The Bertz CT molecular complexity index is 457. The zero-order valence-electron chi connectivity index (χ0n) is 10.4. The first-order valence-corrected chi connectivity index (χ1v) is 7.10. The Morgan fingerprint density at radius 3 is 2.94 bits per heavy atom. The molecule has 1 aromatic carbocycles. The molecule has 0 atom stereocenters. The number of benzene rings is 1. The second kappa shape index (κ2) is 7.13. The van der Waals surface area contributed by atoms with E-state index in [1.807, 2.05) is 24.3 Å². The van der Waals surface area contributed by atoms with Crippen LogP contribution >= 0.6 is 11.8 Å². The summed E-state index contributed by atoms with van der Waals surface area (Å²) in [6.07, 6.45) is 5.48. The van der Waals surface area contributed by atoms with Gasteiger partial charge in [0.15, 0.2) is 0 Å². The van der Waals surface area contributed by atoms with Crippen molar-refractivity contribution in [1.29, 1.82) is 0 Å². The van der Waals surface area contributed by atoms with Gasteiger partial charge in [0.05, 0.1) is 12.5 Å². The molecule has 0 aliphatic heterocycles. The number of rotatable bonds is 7. The van der Waals surface area contributed by atoms with E-state index in [0.29, 0.717) is 6.61 Å². The molecule has 0 saturated carbocycles. The van der Waals surface area contributed by atoms with E-state index in [4.69, 9.17) is 9.15 Å². The average molecular weight is 263 g/mol. The van der Waals surface area contributed by atoms with Gasteiger partial charge < -0.3 is 14.5 Å². The van der Waals surface area contributed by atoms with E-state index in [1.54, 1.807) is 24.3 Å². The van der Waals surface area contributed by atoms with E-state index < -0.39 is 0 Å². The van der Waals surface area contributed by atoms with Crippen LogP contribution in [0.1, 0.15) is 5.56 Å². The van der Waals surface area contributed by atoms with Crippen LogP contribution < -0.4 is 10.1 Å². The van der Waals surface area contributed by atoms with Gasteiger partial charge in [-0.15, -0.1) is 11.8 Å². The quantitative estimate of drug-likeness (QED) is 0.614. The van der Waals surface area contributed by atoms with Crippen LogP contribution in [0.5, 0.6) is 5.75 Å². The molecule has 0 fully saturated rings. The van der Waals surface area contributed by atoms with Gasteiger partial charge in [-0.2, -0.15) is 0 Å². The van der Waals surface area contributed by atoms with Crippen molar-refractivity contribution in [2.24, 2.45) is 0 Å². The van der Waals surface area contributed by atoms with Crippen molar-refractivity contribution in [3.8, 4) is 5.75 Å². The summed E-state index contributed by atoms with van der Waals surface area (Å²) < 4.78 is 10.7. The first-order valence-electron chi connectivity index (χ1n) is 5.88. The van der Waals surface area contributed by atoms with Crippen LogP contribution in [0.15, 0.2) is 52.2 Å². The Morgan fingerprint density at radius 1 is 1.28 bits per heavy atom. The highest BCUT2D eigenvalue weighted by molar-refractivity contribution is 7.98. The van der Waals surface area contributed by atoms with Crippen LogP contribution in [0.2, 0.25) is 0 Å². The molecule has 0 radical (unpaired) electrons. The van der Waals surface area contributed by atoms with E-state index in [-0.39, 0.29) is 0 Å². The van der Waals surface area contributed by atoms with Gasteiger partial charge in [0.25, 0.3) is 0 Å². The molecule has 0 aliphatic carbocycles. The van der Waals surface area contributed by atoms with Crippen molar-refractivity contribution < 1.29 is 9.15 Å². The minimum atomic E-state index is 0.662. The summed E-state index contributed by atoms with van der Waals surface area (Å²) in [7, 11) is 0. The Kier molecular flexibility index (Phi) is 5.17. The maximum Gasteiger partial charge on any atom is 0.132 e. The topological polar surface area (TPSA) is 34.4 Å². The van der Waals surface area contributed by atoms with Gasteiger partial charge in [-0.25, -0.2) is 0 Å². The van der Waals surface area contributed by atoms with Gasteiger partial charge in [-0.3, -0.25) is 0 Å². The summed E-state index contributed by atoms with van der Waals surface area (Å²) in [6.45, 7) is 2.29. The molecule has 2 rings (SSSR count). The summed E-state index contributed by atoms with van der Waals surface area (Å²) in [5.41, 5.74) is 1.15. The molecule has 0 spiro atoms. The molecule has 0 aliphatic rings. The third-order valence-electron chi connectivity index (χ3n) is 2.51. The summed E-state index contributed by atoms with van der Waals surface area (Å²) in [6, 6.07) is 10.0. The Labute approximate surface area is 112 Å². The molecule has 1 aromatic heterocycles. The van der Waals surface area contributed by atoms with Gasteiger partial charge in [0.1, 0.15) is 12.4 Å². The van der Waals surface area contributed by atoms with Crippen LogP contribution in [0.25, 0.3) is 0 Å². The van der Waals surface area contributed by atoms with E-state index in [1.165, 1.54) is 4.90 Å². The molecular formula is C14H17NO2S. The molecule has 1 N–H and O–H groups in total. The van der Waals surface area contributed by atoms with Crippen LogP contribution in [-0.4, -0.2) is 19.4 Å². The summed E-state index contributed by atoms with van der Waals surface area (Å²) in [5.74, 6) is 0.954. The molecule has 4 heteroatoms. The van der Waals surface area contributed by atoms with Gasteiger partial charge in [-0.05, 0) is 24.5 Å². The number of nitrogens with one attached hydrogen (secondary N) is 1. The van der Waals surface area contributed by atoms with Crippen molar-refractivity contribution in [1.82, 2.24) is 5.32 Å². The highest BCUT2D eigenvalue weighted by Crippen LogP contribution is 2.26. The number of para-hydroxylation sites is 1. The van der Waals surface area contributed by atoms with Crippen molar-refractivity contribution in [2.75, 3.05) is 19.4 Å². The predicted molar refractivity (Wildman–Crippen MR) is 74.1 cm³/mol. The number of hydrogen-bond donors (Lipinski definition) is 1. The third kappa shape index (κ3) is 3.82. The molecule has 0 unspecified atom stereocenters. The third-order valence-corrected chi connectivity index (χ3v) is 3.29. The molecule has 96 valence electrons. The molecule has 18 heavy (non-hydrogen) atoms. The van der Waals surface area contributed by atoms with E-state index in [9.17, 15) is 0 Å². The van der Waals surface area contributed by atoms with Gasteiger partial charge in [0.2, 0.25) is 0 Å². The van der Waals surface area contributed by atoms with Crippen LogP contribution in [-0.2, 0) is 6.54 Å². The molecule has 0 bridgehead atoms. The Balaban J connectivity index is 1.69. The van der Waals surface area contributed by atoms with Crippen molar-refractivity contribution in [3.63, 3.8) is 0 Å². The summed E-state index contributed by atoms with van der Waals surface area (Å²) in [5, 5.41) is 3.30. The van der Waals surface area contributed by atoms with Gasteiger partial charge in [0, 0.05) is 23.5 Å². The Morgan fingerprint density at radius 2 is 2.17 bits per heavy atom. The van der Waals surface area contributed by atoms with Crippen LogP contribution in [0.4, 0.5) is 0 Å². The lowest BCUT2D eigenvalue weighted by molar-refractivity contribution is 0.307. The first kappa shape index (κ1) is 13.1. The lowest BCUT2D eigenvalue weighted by atomic mass is 10.3. The smallest absolute Gasteiger partial charge is 0.132 e. The van der Waals surface area contributed by atoms with Crippen LogP contribution in [0.3, 0.4) is 0 Å².